The van der Waals surface area contributed by atoms with Gasteiger partial charge in [0, 0.05) is 25.7 Å². The first-order chi connectivity index (χ1) is 14.7. The lowest BCUT2D eigenvalue weighted by atomic mass is 9.99. The van der Waals surface area contributed by atoms with Gasteiger partial charge in [-0.3, -0.25) is 9.59 Å². The summed E-state index contributed by atoms with van der Waals surface area (Å²) < 4.78 is 0. The lowest BCUT2D eigenvalue weighted by molar-refractivity contribution is -0.118. The number of likely N-dealkylation sites (tertiary alicyclic amines) is 1. The summed E-state index contributed by atoms with van der Waals surface area (Å²) in [5.41, 5.74) is 1.84. The predicted molar refractivity (Wildman–Crippen MR) is 133 cm³/mol. The Labute approximate surface area is 204 Å². The number of carbonyl (C=O) groups excluding carboxylic acids is 2. The number of carbonyl (C=O) groups is 2. The van der Waals surface area contributed by atoms with Crippen LogP contribution in [0, 0.1) is 12.8 Å². The van der Waals surface area contributed by atoms with Crippen LogP contribution in [0.15, 0.2) is 18.2 Å². The molecule has 2 aliphatic heterocycles. The number of fused-ring (bicyclic) bond motifs is 1. The Morgan fingerprint density at radius 2 is 1.91 bits per heavy atom. The van der Waals surface area contributed by atoms with Crippen LogP contribution < -0.4 is 15.5 Å². The second-order valence-corrected chi connectivity index (χ2v) is 9.11. The molecule has 1 aromatic heterocycles. The quantitative estimate of drug-likeness (QED) is 0.672. The van der Waals surface area contributed by atoms with Gasteiger partial charge in [0.05, 0.1) is 21.8 Å². The average molecular weight is 497 g/mol. The molecular formula is C21H26Cl2N6O2S. The molecule has 8 nitrogen and oxygen atoms in total. The summed E-state index contributed by atoms with van der Waals surface area (Å²) in [7, 11) is 1.87. The van der Waals surface area contributed by atoms with Crippen molar-refractivity contribution in [2.24, 2.45) is 5.92 Å². The van der Waals surface area contributed by atoms with Gasteiger partial charge in [0.25, 0.3) is 5.91 Å². The summed E-state index contributed by atoms with van der Waals surface area (Å²) in [5.74, 6) is 1.16. The van der Waals surface area contributed by atoms with Crippen molar-refractivity contribution in [3.05, 3.63) is 39.5 Å². The zero-order valence-corrected chi connectivity index (χ0v) is 20.8. The summed E-state index contributed by atoms with van der Waals surface area (Å²) >= 11 is 11.9. The number of amides is 2. The lowest BCUT2D eigenvalue weighted by Gasteiger charge is -2.40. The number of nitrogens with zero attached hydrogens (tertiary/aromatic N) is 4. The van der Waals surface area contributed by atoms with Gasteiger partial charge in [-0.2, -0.15) is 18.5 Å². The first-order valence-corrected chi connectivity index (χ1v) is 10.8. The maximum absolute atomic E-state index is 12.6. The van der Waals surface area contributed by atoms with Gasteiger partial charge in [-0.1, -0.05) is 37.0 Å². The van der Waals surface area contributed by atoms with Gasteiger partial charge >= 0.3 is 0 Å². The summed E-state index contributed by atoms with van der Waals surface area (Å²) in [6.07, 6.45) is 0. The van der Waals surface area contributed by atoms with Gasteiger partial charge in [-0.05, 0) is 31.0 Å². The number of halogens is 2. The number of likely N-dealkylation sites (N-methyl/N-ethyl adjacent to an activating group) is 1. The van der Waals surface area contributed by atoms with Crippen LogP contribution in [-0.2, 0) is 4.79 Å². The standard InChI is InChI=1S/C21H24Cl2N6O2.H2S/c1-10(2)17-19(30)26-16-11(3)24-21(27-18(16)28(17)4)25-13-8-29(9-13)20(31)12-5-6-14(22)15(23)7-12;/h5-7,10,13,17H,8-9H2,1-4H3,(H,26,30)(H,24,25,27);1H2/t17-;/m0./s1. The van der Waals surface area contributed by atoms with Crippen LogP contribution >= 0.6 is 36.7 Å². The molecule has 0 saturated carbocycles. The molecule has 32 heavy (non-hydrogen) atoms. The van der Waals surface area contributed by atoms with E-state index in [0.29, 0.717) is 51.8 Å². The second kappa shape index (κ2) is 9.33. The van der Waals surface area contributed by atoms with E-state index in [1.54, 1.807) is 23.1 Å². The van der Waals surface area contributed by atoms with Crippen molar-refractivity contribution in [3.63, 3.8) is 0 Å². The molecule has 1 saturated heterocycles. The summed E-state index contributed by atoms with van der Waals surface area (Å²) in [6.45, 7) is 6.91. The van der Waals surface area contributed by atoms with Crippen LogP contribution in [0.2, 0.25) is 10.0 Å². The van der Waals surface area contributed by atoms with E-state index in [0.717, 1.165) is 0 Å². The molecule has 2 amide bonds. The molecule has 11 heteroatoms. The number of benzene rings is 1. The van der Waals surface area contributed by atoms with Crippen molar-refractivity contribution in [2.75, 3.05) is 35.7 Å². The fourth-order valence-corrected chi connectivity index (χ4v) is 4.31. The predicted octanol–water partition coefficient (Wildman–Crippen LogP) is 3.55. The van der Waals surface area contributed by atoms with Crippen molar-refractivity contribution in [3.8, 4) is 0 Å². The molecule has 0 radical (unpaired) electrons. The van der Waals surface area contributed by atoms with Crippen LogP contribution in [-0.4, -0.2) is 58.9 Å². The normalized spacial score (nSPS) is 18.0. The molecule has 4 rings (SSSR count). The number of aryl methyl sites for hydroxylation is 1. The Morgan fingerprint density at radius 3 is 2.53 bits per heavy atom. The first-order valence-electron chi connectivity index (χ1n) is 10.1. The van der Waals surface area contributed by atoms with Crippen LogP contribution in [0.3, 0.4) is 0 Å². The van der Waals surface area contributed by atoms with E-state index in [2.05, 4.69) is 20.6 Å². The zero-order valence-electron chi connectivity index (χ0n) is 18.2. The highest BCUT2D eigenvalue weighted by Crippen LogP contribution is 2.34. The molecule has 0 spiro atoms. The molecule has 0 bridgehead atoms. The molecule has 2 aliphatic rings. The highest BCUT2D eigenvalue weighted by molar-refractivity contribution is 7.59. The third-order valence-electron chi connectivity index (χ3n) is 5.64. The van der Waals surface area contributed by atoms with Crippen LogP contribution in [0.4, 0.5) is 17.5 Å². The second-order valence-electron chi connectivity index (χ2n) is 8.30. The summed E-state index contributed by atoms with van der Waals surface area (Å²) in [4.78, 5) is 37.9. The first kappa shape index (κ1) is 24.4. The van der Waals surface area contributed by atoms with E-state index in [-0.39, 0.29) is 43.3 Å². The molecular weight excluding hydrogens is 471 g/mol. The average Bonchev–Trinajstić information content (AvgIpc) is 2.67. The molecule has 1 atom stereocenters. The Bertz CT molecular complexity index is 1060. The molecule has 3 heterocycles. The molecule has 172 valence electrons. The van der Waals surface area contributed by atoms with E-state index >= 15 is 0 Å². The molecule has 1 aromatic carbocycles. The van der Waals surface area contributed by atoms with Crippen LogP contribution in [0.1, 0.15) is 29.9 Å². The molecule has 0 aliphatic carbocycles. The number of nitrogens with one attached hydrogen (secondary N) is 2. The van der Waals surface area contributed by atoms with Crippen molar-refractivity contribution >= 4 is 66.0 Å². The van der Waals surface area contributed by atoms with Crippen molar-refractivity contribution < 1.29 is 9.59 Å². The third kappa shape index (κ3) is 4.46. The topological polar surface area (TPSA) is 90.5 Å². The van der Waals surface area contributed by atoms with Crippen LogP contribution in [0.5, 0.6) is 0 Å². The maximum Gasteiger partial charge on any atom is 0.254 e. The summed E-state index contributed by atoms with van der Waals surface area (Å²) in [5, 5.41) is 7.02. The van der Waals surface area contributed by atoms with Gasteiger partial charge in [0.2, 0.25) is 11.9 Å². The Kier molecular flexibility index (Phi) is 7.12. The number of rotatable bonds is 4. The van der Waals surface area contributed by atoms with Gasteiger partial charge in [0.15, 0.2) is 5.82 Å². The minimum atomic E-state index is -0.294. The minimum absolute atomic E-state index is 0. The van der Waals surface area contributed by atoms with Crippen molar-refractivity contribution in [2.45, 2.75) is 32.9 Å². The van der Waals surface area contributed by atoms with E-state index in [4.69, 9.17) is 23.2 Å². The van der Waals surface area contributed by atoms with Gasteiger partial charge < -0.3 is 20.4 Å². The smallest absolute Gasteiger partial charge is 0.254 e. The maximum atomic E-state index is 12.6. The Balaban J connectivity index is 0.00000289. The Hall–Kier alpha value is -2.23. The molecule has 0 unspecified atom stereocenters. The fourth-order valence-electron chi connectivity index (χ4n) is 4.01. The lowest BCUT2D eigenvalue weighted by Crippen LogP contribution is -2.57. The number of hydrogen-bond acceptors (Lipinski definition) is 6. The zero-order chi connectivity index (χ0) is 22.4. The number of hydrogen-bond donors (Lipinski definition) is 2. The van der Waals surface area contributed by atoms with E-state index in [1.807, 2.05) is 32.7 Å². The van der Waals surface area contributed by atoms with Gasteiger partial charge in [-0.15, -0.1) is 0 Å². The minimum Gasteiger partial charge on any atom is -0.348 e. The third-order valence-corrected chi connectivity index (χ3v) is 6.38. The summed E-state index contributed by atoms with van der Waals surface area (Å²) in [6, 6.07) is 4.61. The Morgan fingerprint density at radius 1 is 1.22 bits per heavy atom. The van der Waals surface area contributed by atoms with Crippen molar-refractivity contribution in [1.29, 1.82) is 0 Å². The monoisotopic (exact) mass is 496 g/mol. The van der Waals surface area contributed by atoms with E-state index in [9.17, 15) is 9.59 Å². The van der Waals surface area contributed by atoms with E-state index in [1.165, 1.54) is 0 Å². The molecule has 2 aromatic rings. The molecule has 1 fully saturated rings. The highest BCUT2D eigenvalue weighted by Gasteiger charge is 2.36. The van der Waals surface area contributed by atoms with Gasteiger partial charge in [-0.25, -0.2) is 4.98 Å². The van der Waals surface area contributed by atoms with E-state index < -0.39 is 0 Å². The van der Waals surface area contributed by atoms with Crippen LogP contribution in [0.25, 0.3) is 0 Å². The highest BCUT2D eigenvalue weighted by atomic mass is 35.5. The SMILES string of the molecule is Cc1nc(NC2CN(C(=O)c3ccc(Cl)c(Cl)c3)C2)nc2c1NC(=O)[C@H](C(C)C)N2C.S. The van der Waals surface area contributed by atoms with Gasteiger partial charge in [0.1, 0.15) is 11.7 Å². The number of anilines is 3. The molecule has 2 N–H and O–H groups in total. The number of aromatic nitrogens is 2. The van der Waals surface area contributed by atoms with Crippen molar-refractivity contribution in [1.82, 2.24) is 14.9 Å². The fraction of sp³-hybridized carbons (Fsp3) is 0.429. The largest absolute Gasteiger partial charge is 0.348 e.